The molecule has 2 rings (SSSR count). The Kier molecular flexibility index (Phi) is 5.18. The van der Waals surface area contributed by atoms with Gasteiger partial charge in [-0.3, -0.25) is 9.52 Å². The van der Waals surface area contributed by atoms with Crippen LogP contribution >= 0.6 is 0 Å². The molecule has 1 amide bonds. The summed E-state index contributed by atoms with van der Waals surface area (Å²) in [5, 5.41) is 18.7. The normalized spacial score (nSPS) is 11.8. The van der Waals surface area contributed by atoms with Crippen LogP contribution in [0.5, 0.6) is 17.2 Å². The summed E-state index contributed by atoms with van der Waals surface area (Å²) >= 11 is 0. The molecule has 2 aromatic carbocycles. The molecule has 8 nitrogen and oxygen atoms in total. The minimum Gasteiger partial charge on any atom is -0.504 e. The van der Waals surface area contributed by atoms with Crippen molar-refractivity contribution in [3.63, 3.8) is 0 Å². The van der Waals surface area contributed by atoms with Gasteiger partial charge in [0, 0.05) is 5.69 Å². The Hall–Kier alpha value is -3.20. The van der Waals surface area contributed by atoms with Crippen LogP contribution < -0.4 is 15.2 Å². The van der Waals surface area contributed by atoms with Crippen molar-refractivity contribution in [2.75, 3.05) is 11.8 Å². The summed E-state index contributed by atoms with van der Waals surface area (Å²) in [6.45, 7) is 0. The van der Waals surface area contributed by atoms with Gasteiger partial charge in [0.05, 0.1) is 7.11 Å². The first-order valence-corrected chi connectivity index (χ1v) is 8.41. The third kappa shape index (κ3) is 4.42. The van der Waals surface area contributed by atoms with E-state index in [1.54, 1.807) is 12.1 Å². The number of primary amides is 1. The van der Waals surface area contributed by atoms with Gasteiger partial charge in [-0.1, -0.05) is 6.07 Å². The predicted octanol–water partition coefficient (Wildman–Crippen LogP) is 1.37. The van der Waals surface area contributed by atoms with E-state index in [4.69, 9.17) is 10.5 Å². The smallest absolute Gasteiger partial charge is 0.267 e. The van der Waals surface area contributed by atoms with E-state index in [1.807, 2.05) is 0 Å². The fourth-order valence-electron chi connectivity index (χ4n) is 1.93. The van der Waals surface area contributed by atoms with Crippen LogP contribution in [-0.2, 0) is 14.8 Å². The number of anilines is 1. The van der Waals surface area contributed by atoms with E-state index in [2.05, 4.69) is 4.72 Å². The Balaban J connectivity index is 2.38. The predicted molar refractivity (Wildman–Crippen MR) is 92.5 cm³/mol. The number of methoxy groups -OCH3 is 1. The van der Waals surface area contributed by atoms with Crippen molar-refractivity contribution in [1.82, 2.24) is 0 Å². The molecule has 5 N–H and O–H groups in total. The van der Waals surface area contributed by atoms with E-state index in [0.29, 0.717) is 5.75 Å². The summed E-state index contributed by atoms with van der Waals surface area (Å²) in [5.74, 6) is -1.48. The number of aromatic hydroxyl groups is 2. The number of nitrogens with two attached hydrogens (primary N) is 1. The Labute approximate surface area is 144 Å². The van der Waals surface area contributed by atoms with E-state index in [0.717, 1.165) is 18.2 Å². The second-order valence-corrected chi connectivity index (χ2v) is 6.61. The third-order valence-corrected chi connectivity index (χ3v) is 4.57. The number of nitrogens with one attached hydrogen (secondary N) is 1. The van der Waals surface area contributed by atoms with E-state index in [9.17, 15) is 23.4 Å². The highest BCUT2D eigenvalue weighted by Gasteiger charge is 2.23. The van der Waals surface area contributed by atoms with Gasteiger partial charge in [0.25, 0.3) is 15.9 Å². The first-order valence-electron chi connectivity index (χ1n) is 6.93. The number of sulfonamides is 1. The van der Waals surface area contributed by atoms with Gasteiger partial charge in [-0.05, 0) is 48.0 Å². The monoisotopic (exact) mass is 364 g/mol. The van der Waals surface area contributed by atoms with Crippen LogP contribution in [0.25, 0.3) is 6.08 Å². The highest BCUT2D eigenvalue weighted by Crippen LogP contribution is 2.27. The van der Waals surface area contributed by atoms with E-state index in [-0.39, 0.29) is 17.0 Å². The standard InChI is InChI=1S/C16H16N2O6S/c1-24-12-5-3-11(4-6-12)18-25(22,23)15(16(17)21)9-10-2-7-13(19)14(20)8-10/h2-9,18-20H,1H3,(H2,17,21)/b15-9-. The fraction of sp³-hybridized carbons (Fsp3) is 0.0625. The molecule has 25 heavy (non-hydrogen) atoms. The van der Waals surface area contributed by atoms with Crippen molar-refractivity contribution in [2.45, 2.75) is 0 Å². The van der Waals surface area contributed by atoms with Gasteiger partial charge in [-0.25, -0.2) is 8.42 Å². The van der Waals surface area contributed by atoms with Crippen molar-refractivity contribution in [2.24, 2.45) is 5.73 Å². The lowest BCUT2D eigenvalue weighted by Gasteiger charge is -2.10. The molecular weight excluding hydrogens is 348 g/mol. The molecule has 0 fully saturated rings. The van der Waals surface area contributed by atoms with Gasteiger partial charge in [-0.2, -0.15) is 0 Å². The molecule has 0 aliphatic carbocycles. The summed E-state index contributed by atoms with van der Waals surface area (Å²) in [5.41, 5.74) is 5.56. The number of amides is 1. The molecule has 132 valence electrons. The van der Waals surface area contributed by atoms with Crippen LogP contribution in [-0.4, -0.2) is 31.6 Å². The summed E-state index contributed by atoms with van der Waals surface area (Å²) < 4.78 is 32.1. The lowest BCUT2D eigenvalue weighted by atomic mass is 10.2. The van der Waals surface area contributed by atoms with Crippen molar-refractivity contribution >= 4 is 27.7 Å². The Morgan fingerprint density at radius 3 is 2.28 bits per heavy atom. The SMILES string of the molecule is COc1ccc(NS(=O)(=O)/C(=C\c2ccc(O)c(O)c2)C(N)=O)cc1. The molecule has 9 heteroatoms. The highest BCUT2D eigenvalue weighted by molar-refractivity contribution is 7.97. The van der Waals surface area contributed by atoms with Crippen molar-refractivity contribution in [3.05, 3.63) is 52.9 Å². The van der Waals surface area contributed by atoms with Gasteiger partial charge in [0.15, 0.2) is 16.4 Å². The minimum atomic E-state index is -4.26. The molecule has 0 radical (unpaired) electrons. The van der Waals surface area contributed by atoms with Gasteiger partial charge >= 0.3 is 0 Å². The maximum Gasteiger partial charge on any atom is 0.267 e. The molecule has 0 atom stereocenters. The lowest BCUT2D eigenvalue weighted by molar-refractivity contribution is -0.113. The van der Waals surface area contributed by atoms with Gasteiger partial charge < -0.3 is 20.7 Å². The summed E-state index contributed by atoms with van der Waals surface area (Å²) in [6.07, 6.45) is 0.993. The number of phenolic OH excluding ortho intramolecular Hbond substituents is 2. The molecule has 0 aliphatic heterocycles. The number of benzene rings is 2. The highest BCUT2D eigenvalue weighted by atomic mass is 32.2. The Morgan fingerprint density at radius 2 is 1.76 bits per heavy atom. The molecule has 0 saturated heterocycles. The van der Waals surface area contributed by atoms with Crippen molar-refractivity contribution in [1.29, 1.82) is 0 Å². The number of carbonyl (C=O) groups is 1. The van der Waals surface area contributed by atoms with Crippen LogP contribution in [0.15, 0.2) is 47.4 Å². The van der Waals surface area contributed by atoms with E-state index in [1.165, 1.54) is 25.3 Å². The number of hydrogen-bond acceptors (Lipinski definition) is 6. The van der Waals surface area contributed by atoms with E-state index >= 15 is 0 Å². The van der Waals surface area contributed by atoms with Crippen LogP contribution in [0, 0.1) is 0 Å². The number of hydrogen-bond donors (Lipinski definition) is 4. The average Bonchev–Trinajstić information content (AvgIpc) is 2.55. The molecule has 0 heterocycles. The van der Waals surface area contributed by atoms with Crippen LogP contribution in [0.1, 0.15) is 5.56 Å². The molecular formula is C16H16N2O6S. The zero-order valence-electron chi connectivity index (χ0n) is 13.1. The molecule has 0 unspecified atom stereocenters. The quantitative estimate of drug-likeness (QED) is 0.451. The molecule has 0 saturated carbocycles. The number of rotatable bonds is 6. The lowest BCUT2D eigenvalue weighted by Crippen LogP contribution is -2.25. The minimum absolute atomic E-state index is 0.171. The summed E-state index contributed by atoms with van der Waals surface area (Å²) in [6, 6.07) is 9.58. The zero-order chi connectivity index (χ0) is 18.6. The van der Waals surface area contributed by atoms with Crippen LogP contribution in [0.2, 0.25) is 0 Å². The zero-order valence-corrected chi connectivity index (χ0v) is 13.9. The molecule has 0 spiro atoms. The maximum atomic E-state index is 12.4. The summed E-state index contributed by atoms with van der Waals surface area (Å²) in [7, 11) is -2.79. The van der Waals surface area contributed by atoms with E-state index < -0.39 is 26.6 Å². The van der Waals surface area contributed by atoms with Crippen molar-refractivity contribution < 1.29 is 28.2 Å². The first-order chi connectivity index (χ1) is 11.7. The van der Waals surface area contributed by atoms with Gasteiger partial charge in [0.1, 0.15) is 5.75 Å². The summed E-state index contributed by atoms with van der Waals surface area (Å²) in [4.78, 5) is 10.9. The average molecular weight is 364 g/mol. The number of carbonyl (C=O) groups excluding carboxylic acids is 1. The molecule has 0 aromatic heterocycles. The van der Waals surface area contributed by atoms with Crippen LogP contribution in [0.3, 0.4) is 0 Å². The fourth-order valence-corrected chi connectivity index (χ4v) is 3.04. The Morgan fingerprint density at radius 1 is 1.12 bits per heavy atom. The van der Waals surface area contributed by atoms with Crippen LogP contribution in [0.4, 0.5) is 5.69 Å². The van der Waals surface area contributed by atoms with Gasteiger partial charge in [-0.15, -0.1) is 0 Å². The maximum absolute atomic E-state index is 12.4. The molecule has 0 bridgehead atoms. The van der Waals surface area contributed by atoms with Gasteiger partial charge in [0.2, 0.25) is 0 Å². The number of ether oxygens (including phenoxy) is 1. The van der Waals surface area contributed by atoms with Crippen molar-refractivity contribution in [3.8, 4) is 17.2 Å². The second kappa shape index (κ2) is 7.14. The topological polar surface area (TPSA) is 139 Å². The largest absolute Gasteiger partial charge is 0.504 e. The third-order valence-electron chi connectivity index (χ3n) is 3.17. The Bertz CT molecular complexity index is 920. The molecule has 2 aromatic rings. The number of phenols is 2. The first kappa shape index (κ1) is 18.1. The molecule has 0 aliphatic rings. The second-order valence-electron chi connectivity index (χ2n) is 4.95.